The van der Waals surface area contributed by atoms with E-state index in [-0.39, 0.29) is 11.8 Å². The number of carbonyl (C=O) groups is 1. The van der Waals surface area contributed by atoms with Crippen molar-refractivity contribution in [2.24, 2.45) is 0 Å². The van der Waals surface area contributed by atoms with Crippen LogP contribution in [0.2, 0.25) is 0 Å². The molecule has 2 aromatic rings. The van der Waals surface area contributed by atoms with Gasteiger partial charge in [-0.2, -0.15) is 0 Å². The monoisotopic (exact) mass is 294 g/mol. The summed E-state index contributed by atoms with van der Waals surface area (Å²) >= 11 is 0. The summed E-state index contributed by atoms with van der Waals surface area (Å²) in [5, 5.41) is 0. The van der Waals surface area contributed by atoms with E-state index in [9.17, 15) is 4.79 Å². The van der Waals surface area contributed by atoms with Crippen molar-refractivity contribution in [1.82, 2.24) is 0 Å². The Kier molecular flexibility index (Phi) is 4.85. The van der Waals surface area contributed by atoms with E-state index in [1.807, 2.05) is 13.8 Å². The van der Waals surface area contributed by atoms with E-state index >= 15 is 0 Å². The van der Waals surface area contributed by atoms with Crippen LogP contribution in [-0.4, -0.2) is 5.78 Å². The van der Waals surface area contributed by atoms with Crippen molar-refractivity contribution in [3.8, 4) is 0 Å². The molecule has 1 heteroatoms. The van der Waals surface area contributed by atoms with Crippen LogP contribution < -0.4 is 0 Å². The van der Waals surface area contributed by atoms with Gasteiger partial charge in [0.25, 0.3) is 0 Å². The molecule has 0 N–H and O–H groups in total. The summed E-state index contributed by atoms with van der Waals surface area (Å²) in [6.07, 6.45) is 0. The lowest BCUT2D eigenvalue weighted by molar-refractivity contribution is -0.121. The quantitative estimate of drug-likeness (QED) is 0.738. The van der Waals surface area contributed by atoms with Gasteiger partial charge in [-0.3, -0.25) is 4.79 Å². The van der Waals surface area contributed by atoms with Crippen LogP contribution in [0.25, 0.3) is 0 Å². The van der Waals surface area contributed by atoms with Gasteiger partial charge in [0.15, 0.2) is 0 Å². The molecule has 2 rings (SSSR count). The Morgan fingerprint density at radius 3 is 1.41 bits per heavy atom. The van der Waals surface area contributed by atoms with Crippen molar-refractivity contribution < 1.29 is 4.79 Å². The van der Waals surface area contributed by atoms with Crippen LogP contribution in [0, 0.1) is 27.7 Å². The molecule has 116 valence electrons. The molecule has 22 heavy (non-hydrogen) atoms. The Bertz CT molecular complexity index is 638. The van der Waals surface area contributed by atoms with Gasteiger partial charge in [-0.1, -0.05) is 61.4 Å². The van der Waals surface area contributed by atoms with Crippen LogP contribution in [0.15, 0.2) is 36.4 Å². The number of rotatable bonds is 4. The number of benzene rings is 2. The Morgan fingerprint density at radius 2 is 1.09 bits per heavy atom. The summed E-state index contributed by atoms with van der Waals surface area (Å²) in [4.78, 5) is 12.9. The lowest BCUT2D eigenvalue weighted by Gasteiger charge is -2.20. The lowest BCUT2D eigenvalue weighted by atomic mass is 9.82. The smallest absolute Gasteiger partial charge is 0.147 e. The van der Waals surface area contributed by atoms with Crippen LogP contribution in [0.4, 0.5) is 0 Å². The van der Waals surface area contributed by atoms with Crippen molar-refractivity contribution in [2.75, 3.05) is 0 Å². The summed E-state index contributed by atoms with van der Waals surface area (Å²) < 4.78 is 0. The van der Waals surface area contributed by atoms with Gasteiger partial charge in [0.2, 0.25) is 0 Å². The molecule has 0 aliphatic heterocycles. The third kappa shape index (κ3) is 3.30. The topological polar surface area (TPSA) is 17.1 Å². The second-order valence-corrected chi connectivity index (χ2v) is 6.57. The molecular formula is C21H26O. The van der Waals surface area contributed by atoms with E-state index in [4.69, 9.17) is 0 Å². The summed E-state index contributed by atoms with van der Waals surface area (Å²) in [5.41, 5.74) is 7.17. The normalized spacial score (nSPS) is 13.7. The Labute approximate surface area is 134 Å². The molecule has 0 saturated heterocycles. The third-order valence-electron chi connectivity index (χ3n) is 4.64. The summed E-state index contributed by atoms with van der Waals surface area (Å²) in [6.45, 7) is 12.4. The highest BCUT2D eigenvalue weighted by molar-refractivity contribution is 5.91. The average Bonchev–Trinajstić information content (AvgIpc) is 2.45. The first-order valence-corrected chi connectivity index (χ1v) is 7.99. The SMILES string of the molecule is Cc1ccc(C(C)C(=O)C(C)c2ccc(C)cc2C)c(C)c1. The Balaban J connectivity index is 2.29. The number of ketones is 1. The van der Waals surface area contributed by atoms with Gasteiger partial charge in [-0.25, -0.2) is 0 Å². The molecule has 0 saturated carbocycles. The van der Waals surface area contributed by atoms with Crippen LogP contribution in [-0.2, 0) is 4.79 Å². The van der Waals surface area contributed by atoms with Crippen molar-refractivity contribution in [3.05, 3.63) is 69.8 Å². The second kappa shape index (κ2) is 6.48. The van der Waals surface area contributed by atoms with E-state index < -0.39 is 0 Å². The number of hydrogen-bond donors (Lipinski definition) is 0. The Hall–Kier alpha value is -1.89. The average molecular weight is 294 g/mol. The minimum Gasteiger partial charge on any atom is -0.298 e. The fraction of sp³-hybridized carbons (Fsp3) is 0.381. The molecule has 0 bridgehead atoms. The van der Waals surface area contributed by atoms with Gasteiger partial charge in [-0.05, 0) is 49.9 Å². The highest BCUT2D eigenvalue weighted by atomic mass is 16.1. The summed E-state index contributed by atoms with van der Waals surface area (Å²) in [5.74, 6) is 0.145. The molecule has 2 atom stereocenters. The minimum atomic E-state index is -0.0729. The molecule has 0 aliphatic carbocycles. The lowest BCUT2D eigenvalue weighted by Crippen LogP contribution is -2.18. The van der Waals surface area contributed by atoms with Gasteiger partial charge in [0.1, 0.15) is 5.78 Å². The van der Waals surface area contributed by atoms with E-state index in [1.165, 1.54) is 22.3 Å². The molecule has 0 radical (unpaired) electrons. The largest absolute Gasteiger partial charge is 0.298 e. The fourth-order valence-corrected chi connectivity index (χ4v) is 3.30. The van der Waals surface area contributed by atoms with Crippen LogP contribution in [0.1, 0.15) is 59.1 Å². The summed E-state index contributed by atoms with van der Waals surface area (Å²) in [6, 6.07) is 12.7. The number of hydrogen-bond acceptors (Lipinski definition) is 1. The Morgan fingerprint density at radius 1 is 0.727 bits per heavy atom. The molecule has 0 heterocycles. The third-order valence-corrected chi connectivity index (χ3v) is 4.64. The van der Waals surface area contributed by atoms with Crippen molar-refractivity contribution >= 4 is 5.78 Å². The minimum absolute atomic E-state index is 0.0729. The highest BCUT2D eigenvalue weighted by Gasteiger charge is 2.24. The van der Waals surface area contributed by atoms with Gasteiger partial charge in [0, 0.05) is 11.8 Å². The zero-order valence-electron chi connectivity index (χ0n) is 14.5. The molecule has 0 aromatic heterocycles. The van der Waals surface area contributed by atoms with E-state index in [1.54, 1.807) is 0 Å². The highest BCUT2D eigenvalue weighted by Crippen LogP contribution is 2.30. The van der Waals surface area contributed by atoms with Gasteiger partial charge in [0.05, 0.1) is 0 Å². The van der Waals surface area contributed by atoms with Crippen LogP contribution >= 0.6 is 0 Å². The second-order valence-electron chi connectivity index (χ2n) is 6.57. The summed E-state index contributed by atoms with van der Waals surface area (Å²) in [7, 11) is 0. The maximum atomic E-state index is 12.9. The van der Waals surface area contributed by atoms with Gasteiger partial charge < -0.3 is 0 Å². The predicted molar refractivity (Wildman–Crippen MR) is 93.7 cm³/mol. The molecule has 2 unspecified atom stereocenters. The molecule has 0 spiro atoms. The maximum absolute atomic E-state index is 12.9. The van der Waals surface area contributed by atoms with Crippen LogP contribution in [0.3, 0.4) is 0 Å². The van der Waals surface area contributed by atoms with Crippen LogP contribution in [0.5, 0.6) is 0 Å². The zero-order valence-corrected chi connectivity index (χ0v) is 14.5. The van der Waals surface area contributed by atoms with Crippen molar-refractivity contribution in [2.45, 2.75) is 53.4 Å². The van der Waals surface area contributed by atoms with E-state index in [2.05, 4.69) is 64.1 Å². The molecule has 0 aliphatic rings. The molecule has 2 aromatic carbocycles. The molecule has 0 amide bonds. The molecular weight excluding hydrogens is 268 g/mol. The molecule has 0 fully saturated rings. The van der Waals surface area contributed by atoms with Crippen molar-refractivity contribution in [3.63, 3.8) is 0 Å². The standard InChI is InChI=1S/C21H26O/c1-13-7-9-19(15(3)11-13)17(5)21(22)18(6)20-10-8-14(2)12-16(20)4/h7-12,17-18H,1-6H3. The fourth-order valence-electron chi connectivity index (χ4n) is 3.30. The predicted octanol–water partition coefficient (Wildman–Crippen LogP) is 5.40. The van der Waals surface area contributed by atoms with Crippen molar-refractivity contribution in [1.29, 1.82) is 0 Å². The van der Waals surface area contributed by atoms with Gasteiger partial charge >= 0.3 is 0 Å². The zero-order chi connectivity index (χ0) is 16.4. The first-order chi connectivity index (χ1) is 10.3. The first-order valence-electron chi connectivity index (χ1n) is 7.99. The first kappa shape index (κ1) is 16.5. The van der Waals surface area contributed by atoms with Gasteiger partial charge in [-0.15, -0.1) is 0 Å². The number of aryl methyl sites for hydroxylation is 4. The van der Waals surface area contributed by atoms with E-state index in [0.717, 1.165) is 11.1 Å². The number of Topliss-reactive ketones (excluding diaryl/α,β-unsaturated/α-hetero) is 1. The van der Waals surface area contributed by atoms with E-state index in [0.29, 0.717) is 5.78 Å². The maximum Gasteiger partial charge on any atom is 0.147 e. The molecule has 1 nitrogen and oxygen atoms in total. The number of carbonyl (C=O) groups excluding carboxylic acids is 1.